The van der Waals surface area contributed by atoms with E-state index in [2.05, 4.69) is 5.32 Å². The fourth-order valence-electron chi connectivity index (χ4n) is 2.26. The Kier molecular flexibility index (Phi) is 3.71. The van der Waals surface area contributed by atoms with Gasteiger partial charge in [0, 0.05) is 0 Å². The lowest BCUT2D eigenvalue weighted by atomic mass is 9.94. The van der Waals surface area contributed by atoms with Crippen molar-refractivity contribution in [3.8, 4) is 0 Å². The van der Waals surface area contributed by atoms with Crippen LogP contribution in [0, 0.1) is 5.92 Å². The average Bonchev–Trinajstić information content (AvgIpc) is 3.18. The van der Waals surface area contributed by atoms with Crippen LogP contribution < -0.4 is 5.32 Å². The first-order valence-electron chi connectivity index (χ1n) is 6.57. The van der Waals surface area contributed by atoms with Crippen molar-refractivity contribution in [2.45, 2.75) is 38.1 Å². The van der Waals surface area contributed by atoms with Gasteiger partial charge in [0.15, 0.2) is 0 Å². The van der Waals surface area contributed by atoms with Gasteiger partial charge >= 0.3 is 0 Å². The Morgan fingerprint density at radius 2 is 1.94 bits per heavy atom. The van der Waals surface area contributed by atoms with Gasteiger partial charge in [0.1, 0.15) is 0 Å². The van der Waals surface area contributed by atoms with E-state index in [0.717, 1.165) is 18.4 Å². The zero-order valence-corrected chi connectivity index (χ0v) is 11.0. The third-order valence-electron chi connectivity index (χ3n) is 3.83. The van der Waals surface area contributed by atoms with E-state index >= 15 is 0 Å². The largest absolute Gasteiger partial charge is 0.394 e. The third-order valence-corrected chi connectivity index (χ3v) is 3.83. The number of benzene rings is 1. The molecule has 1 aromatic rings. The average molecular weight is 247 g/mol. The van der Waals surface area contributed by atoms with E-state index in [9.17, 15) is 9.90 Å². The van der Waals surface area contributed by atoms with E-state index in [4.69, 9.17) is 0 Å². The van der Waals surface area contributed by atoms with Crippen molar-refractivity contribution in [1.82, 2.24) is 5.32 Å². The lowest BCUT2D eigenvalue weighted by molar-refractivity contribution is -0.125. The second kappa shape index (κ2) is 5.11. The molecule has 98 valence electrons. The van der Waals surface area contributed by atoms with Gasteiger partial charge in [-0.15, -0.1) is 0 Å². The van der Waals surface area contributed by atoms with Gasteiger partial charge in [0.25, 0.3) is 0 Å². The van der Waals surface area contributed by atoms with Crippen LogP contribution in [-0.2, 0) is 10.2 Å². The smallest absolute Gasteiger partial charge is 0.230 e. The monoisotopic (exact) mass is 247 g/mol. The van der Waals surface area contributed by atoms with Crippen LogP contribution in [-0.4, -0.2) is 23.7 Å². The summed E-state index contributed by atoms with van der Waals surface area (Å²) in [5.74, 6) is 0.298. The Hall–Kier alpha value is -1.35. The van der Waals surface area contributed by atoms with Crippen LogP contribution in [0.15, 0.2) is 30.3 Å². The fourth-order valence-corrected chi connectivity index (χ4v) is 2.26. The predicted molar refractivity (Wildman–Crippen MR) is 71.2 cm³/mol. The number of rotatable bonds is 5. The number of aliphatic hydroxyl groups is 1. The van der Waals surface area contributed by atoms with Crippen LogP contribution in [0.5, 0.6) is 0 Å². The first kappa shape index (κ1) is 13.1. The molecule has 3 heteroatoms. The second-order valence-electron chi connectivity index (χ2n) is 5.45. The molecular weight excluding hydrogens is 226 g/mol. The maximum absolute atomic E-state index is 12.4. The van der Waals surface area contributed by atoms with Gasteiger partial charge in [0.2, 0.25) is 5.91 Å². The first-order valence-corrected chi connectivity index (χ1v) is 6.57. The summed E-state index contributed by atoms with van der Waals surface area (Å²) in [5.41, 5.74) is 0.742. The van der Waals surface area contributed by atoms with Crippen molar-refractivity contribution in [2.75, 3.05) is 6.61 Å². The Morgan fingerprint density at radius 1 is 1.33 bits per heavy atom. The predicted octanol–water partition coefficient (Wildman–Crippen LogP) is 1.85. The van der Waals surface area contributed by atoms with E-state index in [-0.39, 0.29) is 29.9 Å². The highest BCUT2D eigenvalue weighted by atomic mass is 16.3. The molecule has 0 aliphatic heterocycles. The summed E-state index contributed by atoms with van der Waals surface area (Å²) in [5, 5.41) is 12.3. The van der Waals surface area contributed by atoms with Crippen LogP contribution >= 0.6 is 0 Å². The number of carbonyl (C=O) groups excluding carboxylic acids is 1. The zero-order chi connectivity index (χ0) is 13.2. The van der Waals surface area contributed by atoms with Crippen LogP contribution in [0.25, 0.3) is 0 Å². The van der Waals surface area contributed by atoms with E-state index in [0.29, 0.717) is 0 Å². The first-order chi connectivity index (χ1) is 8.60. The maximum atomic E-state index is 12.4. The summed E-state index contributed by atoms with van der Waals surface area (Å²) in [7, 11) is 0. The summed E-state index contributed by atoms with van der Waals surface area (Å²) in [6, 6.07) is 9.76. The second-order valence-corrected chi connectivity index (χ2v) is 5.45. The fraction of sp³-hybridized carbons (Fsp3) is 0.533. The Labute approximate surface area is 108 Å². The van der Waals surface area contributed by atoms with Crippen molar-refractivity contribution in [3.05, 3.63) is 35.9 Å². The van der Waals surface area contributed by atoms with Gasteiger partial charge < -0.3 is 10.4 Å². The van der Waals surface area contributed by atoms with Crippen LogP contribution in [0.2, 0.25) is 0 Å². The van der Waals surface area contributed by atoms with Crippen molar-refractivity contribution >= 4 is 5.91 Å². The number of amides is 1. The molecule has 1 saturated carbocycles. The lowest BCUT2D eigenvalue weighted by Gasteiger charge is -2.23. The molecule has 1 fully saturated rings. The molecule has 0 spiro atoms. The van der Waals surface area contributed by atoms with Crippen LogP contribution in [0.3, 0.4) is 0 Å². The molecule has 1 amide bonds. The summed E-state index contributed by atoms with van der Waals surface area (Å²) >= 11 is 0. The van der Waals surface area contributed by atoms with Crippen LogP contribution in [0.1, 0.15) is 32.3 Å². The summed E-state index contributed by atoms with van der Waals surface area (Å²) in [6.07, 6.45) is 1.80. The molecule has 1 aliphatic rings. The third kappa shape index (κ3) is 2.41. The summed E-state index contributed by atoms with van der Waals surface area (Å²) < 4.78 is 0. The molecular formula is C15H21NO2. The van der Waals surface area contributed by atoms with Gasteiger partial charge in [0.05, 0.1) is 18.1 Å². The molecule has 0 radical (unpaired) electrons. The number of nitrogens with one attached hydrogen (secondary N) is 1. The molecule has 3 nitrogen and oxygen atoms in total. The van der Waals surface area contributed by atoms with E-state index in [1.165, 1.54) is 0 Å². The van der Waals surface area contributed by atoms with Crippen molar-refractivity contribution in [2.24, 2.45) is 5.92 Å². The SMILES string of the molecule is CC(C)C(CO)NC(=O)C1(c2ccccc2)CC1. The molecule has 0 saturated heterocycles. The minimum absolute atomic E-state index is 0.00568. The minimum atomic E-state index is -0.344. The number of carbonyl (C=O) groups is 1. The maximum Gasteiger partial charge on any atom is 0.230 e. The Balaban J connectivity index is 2.10. The number of aliphatic hydroxyl groups excluding tert-OH is 1. The standard InChI is InChI=1S/C15H21NO2/c1-11(2)13(10-17)16-14(18)15(8-9-15)12-6-4-3-5-7-12/h3-7,11,13,17H,8-10H2,1-2H3,(H,16,18). The van der Waals surface area contributed by atoms with E-state index < -0.39 is 0 Å². The van der Waals surface area contributed by atoms with Gasteiger partial charge in [-0.1, -0.05) is 44.2 Å². The lowest BCUT2D eigenvalue weighted by Crippen LogP contribution is -2.45. The Morgan fingerprint density at radius 3 is 2.39 bits per heavy atom. The van der Waals surface area contributed by atoms with E-state index in [1.54, 1.807) is 0 Å². The van der Waals surface area contributed by atoms with Crippen molar-refractivity contribution < 1.29 is 9.90 Å². The van der Waals surface area contributed by atoms with Gasteiger partial charge in [-0.05, 0) is 24.3 Å². The quantitative estimate of drug-likeness (QED) is 0.834. The minimum Gasteiger partial charge on any atom is -0.394 e. The number of hydrogen-bond donors (Lipinski definition) is 2. The normalized spacial score (nSPS) is 18.4. The molecule has 1 atom stereocenters. The molecule has 18 heavy (non-hydrogen) atoms. The molecule has 0 bridgehead atoms. The van der Waals surface area contributed by atoms with Crippen molar-refractivity contribution in [3.63, 3.8) is 0 Å². The summed E-state index contributed by atoms with van der Waals surface area (Å²) in [4.78, 5) is 12.4. The van der Waals surface area contributed by atoms with Gasteiger partial charge in [-0.25, -0.2) is 0 Å². The van der Waals surface area contributed by atoms with E-state index in [1.807, 2.05) is 44.2 Å². The molecule has 1 aromatic carbocycles. The Bertz CT molecular complexity index is 410. The van der Waals surface area contributed by atoms with Gasteiger partial charge in [-0.3, -0.25) is 4.79 Å². The zero-order valence-electron chi connectivity index (χ0n) is 11.0. The molecule has 1 unspecified atom stereocenters. The molecule has 1 aliphatic carbocycles. The summed E-state index contributed by atoms with van der Waals surface area (Å²) in [6.45, 7) is 4.00. The highest BCUT2D eigenvalue weighted by molar-refractivity contribution is 5.91. The molecule has 0 heterocycles. The van der Waals surface area contributed by atoms with Crippen LogP contribution in [0.4, 0.5) is 0 Å². The molecule has 0 aromatic heterocycles. The van der Waals surface area contributed by atoms with Gasteiger partial charge in [-0.2, -0.15) is 0 Å². The topological polar surface area (TPSA) is 49.3 Å². The highest BCUT2D eigenvalue weighted by Crippen LogP contribution is 2.48. The molecule has 2 N–H and O–H groups in total. The number of hydrogen-bond acceptors (Lipinski definition) is 2. The molecule has 2 rings (SSSR count). The highest BCUT2D eigenvalue weighted by Gasteiger charge is 2.51. The van der Waals surface area contributed by atoms with Crippen molar-refractivity contribution in [1.29, 1.82) is 0 Å².